The zero-order valence-electron chi connectivity index (χ0n) is 14.7. The van der Waals surface area contributed by atoms with Crippen LogP contribution in [0.3, 0.4) is 0 Å². The second kappa shape index (κ2) is 6.96. The SMILES string of the molecule is Cc1ccc(NC(=O)Nc2cccc(-c3cc4cc(F)ccc4[nH]3)c2)cc1. The normalized spacial score (nSPS) is 10.7. The third kappa shape index (κ3) is 3.82. The molecular weight excluding hydrogens is 341 g/mol. The van der Waals surface area contributed by atoms with Gasteiger partial charge in [-0.05, 0) is 55.5 Å². The molecule has 0 spiro atoms. The van der Waals surface area contributed by atoms with Crippen LogP contribution in [0.1, 0.15) is 5.56 Å². The third-order valence-corrected chi connectivity index (χ3v) is 4.32. The number of aromatic nitrogens is 1. The Morgan fingerprint density at radius 1 is 0.889 bits per heavy atom. The van der Waals surface area contributed by atoms with Gasteiger partial charge in [-0.1, -0.05) is 29.8 Å². The van der Waals surface area contributed by atoms with E-state index in [0.717, 1.165) is 33.4 Å². The molecule has 0 aliphatic heterocycles. The van der Waals surface area contributed by atoms with E-state index in [1.165, 1.54) is 12.1 Å². The number of aryl methyl sites for hydroxylation is 1. The van der Waals surface area contributed by atoms with Crippen molar-refractivity contribution in [1.82, 2.24) is 4.98 Å². The van der Waals surface area contributed by atoms with Crippen LogP contribution in [0.4, 0.5) is 20.6 Å². The monoisotopic (exact) mass is 359 g/mol. The average molecular weight is 359 g/mol. The van der Waals surface area contributed by atoms with Gasteiger partial charge in [-0.15, -0.1) is 0 Å². The van der Waals surface area contributed by atoms with Gasteiger partial charge in [-0.2, -0.15) is 0 Å². The number of amides is 2. The molecule has 1 aromatic heterocycles. The van der Waals surface area contributed by atoms with Crippen LogP contribution in [0.15, 0.2) is 72.8 Å². The number of carbonyl (C=O) groups is 1. The Bertz CT molecular complexity index is 1120. The van der Waals surface area contributed by atoms with Gasteiger partial charge in [0.25, 0.3) is 0 Å². The molecule has 0 atom stereocenters. The highest BCUT2D eigenvalue weighted by Crippen LogP contribution is 2.26. The summed E-state index contributed by atoms with van der Waals surface area (Å²) in [5.41, 5.74) is 5.15. The second-order valence-electron chi connectivity index (χ2n) is 6.44. The number of anilines is 2. The Morgan fingerprint density at radius 2 is 1.67 bits per heavy atom. The number of carbonyl (C=O) groups excluding carboxylic acids is 1. The molecule has 1 heterocycles. The summed E-state index contributed by atoms with van der Waals surface area (Å²) < 4.78 is 13.4. The Labute approximate surface area is 156 Å². The van der Waals surface area contributed by atoms with E-state index in [0.29, 0.717) is 5.69 Å². The van der Waals surface area contributed by atoms with Crippen molar-refractivity contribution in [2.24, 2.45) is 0 Å². The van der Waals surface area contributed by atoms with Crippen LogP contribution >= 0.6 is 0 Å². The second-order valence-corrected chi connectivity index (χ2v) is 6.44. The van der Waals surface area contributed by atoms with Crippen LogP contribution in [-0.2, 0) is 0 Å². The summed E-state index contributed by atoms with van der Waals surface area (Å²) in [6, 6.07) is 21.3. The van der Waals surface area contributed by atoms with E-state index >= 15 is 0 Å². The van der Waals surface area contributed by atoms with E-state index in [9.17, 15) is 9.18 Å². The number of benzene rings is 3. The largest absolute Gasteiger partial charge is 0.355 e. The predicted molar refractivity (Wildman–Crippen MR) is 108 cm³/mol. The van der Waals surface area contributed by atoms with Gasteiger partial charge < -0.3 is 15.6 Å². The maximum Gasteiger partial charge on any atom is 0.323 e. The number of fused-ring (bicyclic) bond motifs is 1. The molecular formula is C22H18FN3O. The lowest BCUT2D eigenvalue weighted by molar-refractivity contribution is 0.262. The standard InChI is InChI=1S/C22H18FN3O/c1-14-5-8-18(9-6-14)24-22(27)25-19-4-2-3-15(12-19)21-13-16-11-17(23)7-10-20(16)26-21/h2-13,26H,1H3,(H2,24,25,27). The molecule has 3 N–H and O–H groups in total. The third-order valence-electron chi connectivity index (χ3n) is 4.32. The van der Waals surface area contributed by atoms with Gasteiger partial charge in [-0.3, -0.25) is 0 Å². The Balaban J connectivity index is 1.52. The Kier molecular flexibility index (Phi) is 4.34. The predicted octanol–water partition coefficient (Wildman–Crippen LogP) is 5.93. The molecule has 4 nitrogen and oxygen atoms in total. The van der Waals surface area contributed by atoms with Crippen molar-refractivity contribution in [1.29, 1.82) is 0 Å². The highest BCUT2D eigenvalue weighted by atomic mass is 19.1. The van der Waals surface area contributed by atoms with E-state index in [1.54, 1.807) is 6.07 Å². The van der Waals surface area contributed by atoms with Gasteiger partial charge in [-0.25, -0.2) is 9.18 Å². The maximum absolute atomic E-state index is 13.4. The number of hydrogen-bond donors (Lipinski definition) is 3. The summed E-state index contributed by atoms with van der Waals surface area (Å²) in [7, 11) is 0. The summed E-state index contributed by atoms with van der Waals surface area (Å²) in [5.74, 6) is -0.267. The molecule has 5 heteroatoms. The first kappa shape index (κ1) is 16.8. The average Bonchev–Trinajstić information content (AvgIpc) is 3.07. The Hall–Kier alpha value is -3.60. The van der Waals surface area contributed by atoms with Gasteiger partial charge >= 0.3 is 6.03 Å². The zero-order valence-corrected chi connectivity index (χ0v) is 14.7. The van der Waals surface area contributed by atoms with Gasteiger partial charge in [0.2, 0.25) is 0 Å². The van der Waals surface area contributed by atoms with Crippen LogP contribution < -0.4 is 10.6 Å². The van der Waals surface area contributed by atoms with Crippen LogP contribution in [0.5, 0.6) is 0 Å². The van der Waals surface area contributed by atoms with Crippen LogP contribution in [-0.4, -0.2) is 11.0 Å². The number of nitrogens with one attached hydrogen (secondary N) is 3. The number of urea groups is 1. The molecule has 4 aromatic rings. The molecule has 0 unspecified atom stereocenters. The lowest BCUT2D eigenvalue weighted by atomic mass is 10.1. The molecule has 0 saturated carbocycles. The maximum atomic E-state index is 13.4. The lowest BCUT2D eigenvalue weighted by Crippen LogP contribution is -2.19. The van der Waals surface area contributed by atoms with Gasteiger partial charge in [0.1, 0.15) is 5.82 Å². The quantitative estimate of drug-likeness (QED) is 0.417. The first-order valence-electron chi connectivity index (χ1n) is 8.60. The minimum atomic E-state index is -0.310. The van der Waals surface area contributed by atoms with Crippen molar-refractivity contribution in [3.8, 4) is 11.3 Å². The molecule has 0 bridgehead atoms. The van der Waals surface area contributed by atoms with Crippen LogP contribution in [0.2, 0.25) is 0 Å². The summed E-state index contributed by atoms with van der Waals surface area (Å²) in [5, 5.41) is 6.45. The van der Waals surface area contributed by atoms with Crippen molar-refractivity contribution >= 4 is 28.3 Å². The molecule has 27 heavy (non-hydrogen) atoms. The lowest BCUT2D eigenvalue weighted by Gasteiger charge is -2.09. The number of H-pyrrole nitrogens is 1. The van der Waals surface area contributed by atoms with Crippen molar-refractivity contribution in [3.05, 3.63) is 84.2 Å². The summed E-state index contributed by atoms with van der Waals surface area (Å²) in [6.45, 7) is 1.99. The van der Waals surface area contributed by atoms with Crippen molar-refractivity contribution in [2.45, 2.75) is 6.92 Å². The molecule has 0 aliphatic carbocycles. The van der Waals surface area contributed by atoms with Gasteiger partial charge in [0.05, 0.1) is 0 Å². The number of rotatable bonds is 3. The molecule has 4 rings (SSSR count). The van der Waals surface area contributed by atoms with E-state index in [4.69, 9.17) is 0 Å². The molecule has 0 fully saturated rings. The minimum absolute atomic E-state index is 0.267. The topological polar surface area (TPSA) is 56.9 Å². The van der Waals surface area contributed by atoms with Crippen LogP contribution in [0.25, 0.3) is 22.2 Å². The number of halogens is 1. The van der Waals surface area contributed by atoms with Crippen molar-refractivity contribution in [3.63, 3.8) is 0 Å². The molecule has 0 aliphatic rings. The molecule has 0 radical (unpaired) electrons. The fourth-order valence-corrected chi connectivity index (χ4v) is 2.95. The van der Waals surface area contributed by atoms with E-state index in [1.807, 2.05) is 61.5 Å². The number of aromatic amines is 1. The van der Waals surface area contributed by atoms with E-state index < -0.39 is 0 Å². The summed E-state index contributed by atoms with van der Waals surface area (Å²) in [6.07, 6.45) is 0. The Morgan fingerprint density at radius 3 is 2.48 bits per heavy atom. The van der Waals surface area contributed by atoms with Crippen molar-refractivity contribution < 1.29 is 9.18 Å². The van der Waals surface area contributed by atoms with Crippen molar-refractivity contribution in [2.75, 3.05) is 10.6 Å². The molecule has 3 aromatic carbocycles. The van der Waals surface area contributed by atoms with E-state index in [2.05, 4.69) is 15.6 Å². The molecule has 2 amide bonds. The summed E-state index contributed by atoms with van der Waals surface area (Å²) in [4.78, 5) is 15.5. The first-order valence-corrected chi connectivity index (χ1v) is 8.60. The van der Waals surface area contributed by atoms with E-state index in [-0.39, 0.29) is 11.8 Å². The highest BCUT2D eigenvalue weighted by molar-refractivity contribution is 6.00. The van der Waals surface area contributed by atoms with Gasteiger partial charge in [0.15, 0.2) is 0 Å². The smallest absolute Gasteiger partial charge is 0.323 e. The fourth-order valence-electron chi connectivity index (χ4n) is 2.95. The molecule has 0 saturated heterocycles. The summed E-state index contributed by atoms with van der Waals surface area (Å²) >= 11 is 0. The first-order chi connectivity index (χ1) is 13.1. The van der Waals surface area contributed by atoms with Crippen LogP contribution in [0, 0.1) is 12.7 Å². The number of hydrogen-bond acceptors (Lipinski definition) is 1. The highest BCUT2D eigenvalue weighted by Gasteiger charge is 2.07. The molecule has 134 valence electrons. The van der Waals surface area contributed by atoms with Gasteiger partial charge in [0, 0.05) is 33.5 Å². The minimum Gasteiger partial charge on any atom is -0.355 e. The fraction of sp³-hybridized carbons (Fsp3) is 0.0455. The zero-order chi connectivity index (χ0) is 18.8.